The summed E-state index contributed by atoms with van der Waals surface area (Å²) in [6.45, 7) is 5.93. The second-order valence-corrected chi connectivity index (χ2v) is 6.95. The number of fused-ring (bicyclic) bond motifs is 1. The third kappa shape index (κ3) is 3.60. The lowest BCUT2D eigenvalue weighted by atomic mass is 10.3. The van der Waals surface area contributed by atoms with Crippen LogP contribution in [-0.4, -0.2) is 20.6 Å². The predicted octanol–water partition coefficient (Wildman–Crippen LogP) is 5.21. The lowest BCUT2D eigenvalue weighted by Crippen LogP contribution is -1.96. The lowest BCUT2D eigenvalue weighted by molar-refractivity contribution is 1.17. The smallest absolute Gasteiger partial charge is 0.187 e. The van der Waals surface area contributed by atoms with E-state index in [1.165, 1.54) is 4.91 Å². The fourth-order valence-electron chi connectivity index (χ4n) is 2.13. The van der Waals surface area contributed by atoms with Crippen LogP contribution in [0.2, 0.25) is 0 Å². The molecule has 1 N–H and O–H groups in total. The molecule has 0 aliphatic carbocycles. The Hall–Kier alpha value is -2.31. The van der Waals surface area contributed by atoms with Crippen LogP contribution in [0.15, 0.2) is 71.4 Å². The number of hydrogen-bond acceptors (Lipinski definition) is 5. The minimum absolute atomic E-state index is 0.831. The zero-order chi connectivity index (χ0) is 16.9. The van der Waals surface area contributed by atoms with E-state index in [-0.39, 0.29) is 0 Å². The van der Waals surface area contributed by atoms with E-state index in [2.05, 4.69) is 41.1 Å². The number of thiazole rings is 1. The monoisotopic (exact) mass is 354 g/mol. The van der Waals surface area contributed by atoms with Gasteiger partial charge >= 0.3 is 0 Å². The Morgan fingerprint density at radius 3 is 3.04 bits per heavy atom. The van der Waals surface area contributed by atoms with Crippen molar-refractivity contribution in [1.29, 1.82) is 0 Å². The first-order chi connectivity index (χ1) is 11.7. The molecule has 0 radical (unpaired) electrons. The van der Waals surface area contributed by atoms with Crippen LogP contribution in [0, 0.1) is 0 Å². The number of nitrogens with zero attached hydrogens (tertiary/aromatic N) is 3. The quantitative estimate of drug-likeness (QED) is 0.617. The Kier molecular flexibility index (Phi) is 5.17. The second kappa shape index (κ2) is 7.51. The van der Waals surface area contributed by atoms with Gasteiger partial charge in [-0.15, -0.1) is 23.1 Å². The van der Waals surface area contributed by atoms with Crippen molar-refractivity contribution in [2.45, 2.75) is 6.92 Å². The number of allylic oxidation sites excluding steroid dienone is 4. The van der Waals surface area contributed by atoms with E-state index in [1.807, 2.05) is 46.4 Å². The topological polar surface area (TPSA) is 42.2 Å². The van der Waals surface area contributed by atoms with Crippen LogP contribution in [0.25, 0.3) is 17.0 Å². The Labute approximate surface area is 149 Å². The lowest BCUT2D eigenvalue weighted by Gasteiger charge is -2.02. The summed E-state index contributed by atoms with van der Waals surface area (Å²) in [6.07, 6.45) is 11.8. The molecule has 0 amide bonds. The summed E-state index contributed by atoms with van der Waals surface area (Å²) < 4.78 is 2.04. The van der Waals surface area contributed by atoms with E-state index in [0.29, 0.717) is 0 Å². The van der Waals surface area contributed by atoms with Crippen molar-refractivity contribution < 1.29 is 0 Å². The Bertz CT molecular complexity index is 918. The average molecular weight is 355 g/mol. The van der Waals surface area contributed by atoms with Crippen molar-refractivity contribution in [3.05, 3.63) is 71.4 Å². The number of rotatable bonds is 6. The van der Waals surface area contributed by atoms with Gasteiger partial charge in [-0.05, 0) is 42.4 Å². The van der Waals surface area contributed by atoms with Crippen molar-refractivity contribution >= 4 is 33.9 Å². The first kappa shape index (κ1) is 16.5. The number of nitrogens with one attached hydrogen (secondary N) is 1. The Morgan fingerprint density at radius 2 is 2.25 bits per heavy atom. The molecule has 0 bridgehead atoms. The summed E-state index contributed by atoms with van der Waals surface area (Å²) in [4.78, 5) is 10.3. The van der Waals surface area contributed by atoms with Gasteiger partial charge in [0.15, 0.2) is 5.13 Å². The number of thioether (sulfide) groups is 1. The van der Waals surface area contributed by atoms with Crippen LogP contribution in [0.4, 0.5) is 5.13 Å². The SMILES string of the molecule is C=C/C(=C\C=C(/C)SC)Nc1nc(-c2cnc3ccccn23)cs1. The molecule has 0 unspecified atom stereocenters. The summed E-state index contributed by atoms with van der Waals surface area (Å²) in [7, 11) is 0. The summed E-state index contributed by atoms with van der Waals surface area (Å²) in [5.41, 5.74) is 3.72. The molecule has 0 atom stereocenters. The van der Waals surface area contributed by atoms with E-state index >= 15 is 0 Å². The zero-order valence-electron chi connectivity index (χ0n) is 13.6. The maximum atomic E-state index is 4.67. The third-order valence-corrected chi connectivity index (χ3v) is 5.01. The van der Waals surface area contributed by atoms with Crippen molar-refractivity contribution in [3.63, 3.8) is 0 Å². The zero-order valence-corrected chi connectivity index (χ0v) is 15.2. The average Bonchev–Trinajstić information content (AvgIpc) is 3.24. The number of imidazole rings is 1. The molecule has 4 nitrogen and oxygen atoms in total. The highest BCUT2D eigenvalue weighted by atomic mass is 32.2. The molecule has 0 aliphatic heterocycles. The van der Waals surface area contributed by atoms with Crippen LogP contribution in [-0.2, 0) is 0 Å². The maximum Gasteiger partial charge on any atom is 0.187 e. The first-order valence-electron chi connectivity index (χ1n) is 7.41. The Balaban J connectivity index is 1.84. The van der Waals surface area contributed by atoms with Gasteiger partial charge in [0.1, 0.15) is 11.3 Å². The van der Waals surface area contributed by atoms with Gasteiger partial charge in [-0.25, -0.2) is 9.97 Å². The molecule has 6 heteroatoms. The van der Waals surface area contributed by atoms with Gasteiger partial charge in [0, 0.05) is 17.3 Å². The summed E-state index contributed by atoms with van der Waals surface area (Å²) in [5, 5.41) is 6.17. The molecular weight excluding hydrogens is 336 g/mol. The number of hydrogen-bond donors (Lipinski definition) is 1. The molecule has 0 saturated carbocycles. The molecule has 122 valence electrons. The molecule has 24 heavy (non-hydrogen) atoms. The first-order valence-corrected chi connectivity index (χ1v) is 9.51. The fourth-order valence-corrected chi connectivity index (χ4v) is 3.06. The van der Waals surface area contributed by atoms with Gasteiger partial charge in [-0.1, -0.05) is 18.7 Å². The van der Waals surface area contributed by atoms with E-state index in [4.69, 9.17) is 0 Å². The van der Waals surface area contributed by atoms with Gasteiger partial charge in [-0.2, -0.15) is 0 Å². The fraction of sp³-hybridized carbons (Fsp3) is 0.111. The molecule has 0 saturated heterocycles. The third-order valence-electron chi connectivity index (χ3n) is 3.47. The normalized spacial score (nSPS) is 12.6. The summed E-state index contributed by atoms with van der Waals surface area (Å²) in [5.74, 6) is 0. The highest BCUT2D eigenvalue weighted by Crippen LogP contribution is 2.26. The summed E-state index contributed by atoms with van der Waals surface area (Å²) in [6, 6.07) is 5.95. The second-order valence-electron chi connectivity index (χ2n) is 5.04. The van der Waals surface area contributed by atoms with Gasteiger partial charge in [0.05, 0.1) is 11.9 Å². The van der Waals surface area contributed by atoms with Crippen LogP contribution >= 0.6 is 23.1 Å². The van der Waals surface area contributed by atoms with Crippen LogP contribution in [0.3, 0.4) is 0 Å². The molecule has 0 spiro atoms. The predicted molar refractivity (Wildman–Crippen MR) is 105 cm³/mol. The molecule has 3 aromatic rings. The number of pyridine rings is 1. The highest BCUT2D eigenvalue weighted by molar-refractivity contribution is 8.02. The van der Waals surface area contributed by atoms with E-state index < -0.39 is 0 Å². The van der Waals surface area contributed by atoms with Gasteiger partial charge in [0.2, 0.25) is 0 Å². The van der Waals surface area contributed by atoms with Crippen LogP contribution in [0.5, 0.6) is 0 Å². The molecule has 3 rings (SSSR count). The standard InChI is InChI=1S/C18H18N4S2/c1-4-14(9-8-13(2)23-3)20-18-21-15(12-24-18)16-11-19-17-7-5-6-10-22(16)17/h4-12H,1H2,2-3H3,(H,20,21)/b13-8+,14-9+. The minimum atomic E-state index is 0.831. The van der Waals surface area contributed by atoms with E-state index in [9.17, 15) is 0 Å². The molecule has 0 aromatic carbocycles. The van der Waals surface area contributed by atoms with Gasteiger partial charge < -0.3 is 5.32 Å². The Morgan fingerprint density at radius 1 is 1.38 bits per heavy atom. The highest BCUT2D eigenvalue weighted by Gasteiger charge is 2.09. The van der Waals surface area contributed by atoms with E-state index in [1.54, 1.807) is 29.2 Å². The van der Waals surface area contributed by atoms with Gasteiger partial charge in [-0.3, -0.25) is 4.40 Å². The molecule has 3 heterocycles. The number of anilines is 1. The van der Waals surface area contributed by atoms with Crippen molar-refractivity contribution in [3.8, 4) is 11.4 Å². The van der Waals surface area contributed by atoms with Crippen molar-refractivity contribution in [2.24, 2.45) is 0 Å². The molecule has 0 fully saturated rings. The largest absolute Gasteiger partial charge is 0.332 e. The summed E-state index contributed by atoms with van der Waals surface area (Å²) >= 11 is 3.28. The van der Waals surface area contributed by atoms with Crippen molar-refractivity contribution in [1.82, 2.24) is 14.4 Å². The minimum Gasteiger partial charge on any atom is -0.332 e. The maximum absolute atomic E-state index is 4.67. The molecule has 3 aromatic heterocycles. The van der Waals surface area contributed by atoms with Gasteiger partial charge in [0.25, 0.3) is 0 Å². The van der Waals surface area contributed by atoms with Crippen molar-refractivity contribution in [2.75, 3.05) is 11.6 Å². The van der Waals surface area contributed by atoms with Crippen LogP contribution in [0.1, 0.15) is 6.92 Å². The van der Waals surface area contributed by atoms with Crippen LogP contribution < -0.4 is 5.32 Å². The molecular formula is C18H18N4S2. The van der Waals surface area contributed by atoms with E-state index in [0.717, 1.165) is 27.9 Å². The molecule has 0 aliphatic rings. The number of aromatic nitrogens is 3.